The first-order valence-electron chi connectivity index (χ1n) is 5.44. The van der Waals surface area contributed by atoms with Crippen LogP contribution in [0.5, 0.6) is 0 Å². The van der Waals surface area contributed by atoms with Crippen molar-refractivity contribution in [2.24, 2.45) is 5.73 Å². The van der Waals surface area contributed by atoms with Crippen LogP contribution in [0.2, 0.25) is 0 Å². The molecule has 1 rings (SSSR count). The van der Waals surface area contributed by atoms with Gasteiger partial charge in [0.2, 0.25) is 10.0 Å². The average Bonchev–Trinajstić information content (AvgIpc) is 2.28. The van der Waals surface area contributed by atoms with E-state index in [1.165, 1.54) is 25.1 Å². The van der Waals surface area contributed by atoms with E-state index in [2.05, 4.69) is 4.72 Å². The smallest absolute Gasteiger partial charge is 0.243 e. The molecule has 3 N–H and O–H groups in total. The monoisotopic (exact) mass is 296 g/mol. The number of halogens is 2. The molecule has 0 fully saturated rings. The van der Waals surface area contributed by atoms with Crippen LogP contribution in [0, 0.1) is 12.7 Å². The Labute approximate surface area is 113 Å². The third kappa shape index (κ3) is 4.53. The maximum Gasteiger partial charge on any atom is 0.243 e. The maximum absolute atomic E-state index is 13.6. The highest BCUT2D eigenvalue weighted by molar-refractivity contribution is 7.89. The van der Waals surface area contributed by atoms with E-state index in [4.69, 9.17) is 5.73 Å². The zero-order valence-corrected chi connectivity index (χ0v) is 11.8. The van der Waals surface area contributed by atoms with Crippen LogP contribution in [-0.4, -0.2) is 21.5 Å². The molecule has 4 nitrogen and oxygen atoms in total. The molecule has 0 saturated carbocycles. The molecule has 18 heavy (non-hydrogen) atoms. The Kier molecular flexibility index (Phi) is 7.39. The molecular formula is C11H18ClFN2O2S. The van der Waals surface area contributed by atoms with Crippen molar-refractivity contribution in [1.82, 2.24) is 4.72 Å². The van der Waals surface area contributed by atoms with Gasteiger partial charge in [0.25, 0.3) is 0 Å². The summed E-state index contributed by atoms with van der Waals surface area (Å²) in [7, 11) is -3.76. The van der Waals surface area contributed by atoms with Crippen molar-refractivity contribution < 1.29 is 12.8 Å². The van der Waals surface area contributed by atoms with E-state index >= 15 is 0 Å². The summed E-state index contributed by atoms with van der Waals surface area (Å²) < 4.78 is 39.6. The van der Waals surface area contributed by atoms with Gasteiger partial charge in [-0.1, -0.05) is 12.1 Å². The molecule has 0 bridgehead atoms. The second-order valence-corrected chi connectivity index (χ2v) is 5.52. The number of sulfonamides is 1. The van der Waals surface area contributed by atoms with Crippen LogP contribution in [0.15, 0.2) is 23.1 Å². The first kappa shape index (κ1) is 17.3. The van der Waals surface area contributed by atoms with Crippen LogP contribution in [0.4, 0.5) is 4.39 Å². The van der Waals surface area contributed by atoms with Gasteiger partial charge in [-0.3, -0.25) is 0 Å². The Morgan fingerprint density at radius 2 is 2.00 bits per heavy atom. The van der Waals surface area contributed by atoms with Crippen molar-refractivity contribution >= 4 is 22.4 Å². The van der Waals surface area contributed by atoms with Gasteiger partial charge >= 0.3 is 0 Å². The van der Waals surface area contributed by atoms with Gasteiger partial charge in [0.15, 0.2) is 0 Å². The van der Waals surface area contributed by atoms with E-state index in [9.17, 15) is 12.8 Å². The molecule has 7 heteroatoms. The fourth-order valence-corrected chi connectivity index (χ4v) is 2.60. The van der Waals surface area contributed by atoms with Crippen LogP contribution in [-0.2, 0) is 10.0 Å². The third-order valence-electron chi connectivity index (χ3n) is 2.37. The standard InChI is InChI=1S/C11H17FN2O2S.ClH/c1-9-5-4-6-10(11(9)12)17(15,16)14-8-3-2-7-13;/h4-6,14H,2-3,7-8,13H2,1H3;1H. The molecule has 0 aliphatic carbocycles. The Balaban J connectivity index is 0.00000289. The Morgan fingerprint density at radius 3 is 2.61 bits per heavy atom. The molecule has 0 aromatic heterocycles. The number of unbranched alkanes of at least 4 members (excludes halogenated alkanes) is 1. The summed E-state index contributed by atoms with van der Waals surface area (Å²) in [6, 6.07) is 4.31. The second kappa shape index (κ2) is 7.68. The first-order valence-corrected chi connectivity index (χ1v) is 6.92. The predicted octanol–water partition coefficient (Wildman–Crippen LogP) is 1.57. The minimum absolute atomic E-state index is 0. The highest BCUT2D eigenvalue weighted by Crippen LogP contribution is 2.16. The molecule has 0 amide bonds. The van der Waals surface area contributed by atoms with Crippen LogP contribution in [0.1, 0.15) is 18.4 Å². The van der Waals surface area contributed by atoms with Crippen LogP contribution >= 0.6 is 12.4 Å². The lowest BCUT2D eigenvalue weighted by Crippen LogP contribution is -2.26. The predicted molar refractivity (Wildman–Crippen MR) is 71.9 cm³/mol. The molecule has 1 aromatic carbocycles. The summed E-state index contributed by atoms with van der Waals surface area (Å²) in [5.74, 6) is -0.696. The lowest BCUT2D eigenvalue weighted by molar-refractivity contribution is 0.551. The molecule has 0 spiro atoms. The Bertz CT molecular complexity index is 480. The number of nitrogens with two attached hydrogens (primary N) is 1. The van der Waals surface area contributed by atoms with Crippen LogP contribution < -0.4 is 10.5 Å². The number of nitrogens with one attached hydrogen (secondary N) is 1. The summed E-state index contributed by atoms with van der Waals surface area (Å²) in [6.07, 6.45) is 1.38. The minimum atomic E-state index is -3.76. The molecule has 104 valence electrons. The molecular weight excluding hydrogens is 279 g/mol. The van der Waals surface area contributed by atoms with Gasteiger partial charge in [0.05, 0.1) is 0 Å². The zero-order chi connectivity index (χ0) is 12.9. The summed E-state index contributed by atoms with van der Waals surface area (Å²) >= 11 is 0. The van der Waals surface area contributed by atoms with Gasteiger partial charge in [-0.25, -0.2) is 17.5 Å². The van der Waals surface area contributed by atoms with Gasteiger partial charge < -0.3 is 5.73 Å². The molecule has 0 atom stereocenters. The topological polar surface area (TPSA) is 72.2 Å². The van der Waals surface area contributed by atoms with Crippen molar-refractivity contribution in [3.05, 3.63) is 29.6 Å². The van der Waals surface area contributed by atoms with E-state index < -0.39 is 15.8 Å². The molecule has 0 saturated heterocycles. The molecule has 1 aromatic rings. The maximum atomic E-state index is 13.6. The van der Waals surface area contributed by atoms with Crippen molar-refractivity contribution in [2.45, 2.75) is 24.7 Å². The van der Waals surface area contributed by atoms with E-state index in [1.807, 2.05) is 0 Å². The first-order chi connectivity index (χ1) is 7.99. The highest BCUT2D eigenvalue weighted by Gasteiger charge is 2.19. The van der Waals surface area contributed by atoms with E-state index in [0.29, 0.717) is 18.5 Å². The van der Waals surface area contributed by atoms with E-state index in [-0.39, 0.29) is 23.8 Å². The van der Waals surface area contributed by atoms with Gasteiger partial charge in [0, 0.05) is 6.54 Å². The largest absolute Gasteiger partial charge is 0.330 e. The fourth-order valence-electron chi connectivity index (χ4n) is 1.38. The molecule has 0 aliphatic rings. The SMILES string of the molecule is Cc1cccc(S(=O)(=O)NCCCCN)c1F.Cl. The van der Waals surface area contributed by atoms with Gasteiger partial charge in [-0.15, -0.1) is 12.4 Å². The van der Waals surface area contributed by atoms with Gasteiger partial charge in [-0.05, 0) is 37.9 Å². The number of hydrogen-bond acceptors (Lipinski definition) is 3. The summed E-state index contributed by atoms with van der Waals surface area (Å²) in [6.45, 7) is 2.32. The number of aryl methyl sites for hydroxylation is 1. The number of rotatable bonds is 6. The Morgan fingerprint density at radius 1 is 1.33 bits per heavy atom. The number of hydrogen-bond donors (Lipinski definition) is 2. The highest BCUT2D eigenvalue weighted by atomic mass is 35.5. The molecule has 0 aliphatic heterocycles. The zero-order valence-electron chi connectivity index (χ0n) is 10.1. The minimum Gasteiger partial charge on any atom is -0.330 e. The summed E-state index contributed by atoms with van der Waals surface area (Å²) in [5, 5.41) is 0. The van der Waals surface area contributed by atoms with Crippen molar-refractivity contribution in [3.63, 3.8) is 0 Å². The number of benzene rings is 1. The summed E-state index contributed by atoms with van der Waals surface area (Å²) in [4.78, 5) is -0.301. The fraction of sp³-hybridized carbons (Fsp3) is 0.455. The third-order valence-corrected chi connectivity index (χ3v) is 3.85. The normalized spacial score (nSPS) is 11.1. The van der Waals surface area contributed by atoms with Gasteiger partial charge in [0.1, 0.15) is 10.7 Å². The lowest BCUT2D eigenvalue weighted by atomic mass is 10.2. The quantitative estimate of drug-likeness (QED) is 0.783. The summed E-state index contributed by atoms with van der Waals surface area (Å²) in [5.41, 5.74) is 5.61. The lowest BCUT2D eigenvalue weighted by Gasteiger charge is -2.08. The molecule has 0 radical (unpaired) electrons. The van der Waals surface area contributed by atoms with Crippen molar-refractivity contribution in [2.75, 3.05) is 13.1 Å². The van der Waals surface area contributed by atoms with Crippen molar-refractivity contribution in [3.8, 4) is 0 Å². The van der Waals surface area contributed by atoms with Crippen LogP contribution in [0.3, 0.4) is 0 Å². The van der Waals surface area contributed by atoms with Gasteiger partial charge in [-0.2, -0.15) is 0 Å². The molecule has 0 heterocycles. The van der Waals surface area contributed by atoms with E-state index in [1.54, 1.807) is 0 Å². The average molecular weight is 297 g/mol. The second-order valence-electron chi connectivity index (χ2n) is 3.78. The van der Waals surface area contributed by atoms with Crippen molar-refractivity contribution in [1.29, 1.82) is 0 Å². The van der Waals surface area contributed by atoms with E-state index in [0.717, 1.165) is 6.42 Å². The molecule has 0 unspecified atom stereocenters. The van der Waals surface area contributed by atoms with Crippen LogP contribution in [0.25, 0.3) is 0 Å². The Hall–Kier alpha value is -0.690.